The van der Waals surface area contributed by atoms with Gasteiger partial charge in [0.15, 0.2) is 11.5 Å². The molecule has 2 rings (SSSR count). The zero-order valence-electron chi connectivity index (χ0n) is 16.8. The second-order valence-corrected chi connectivity index (χ2v) is 7.67. The summed E-state index contributed by atoms with van der Waals surface area (Å²) in [5.74, 6) is 0.982. The molecule has 0 unspecified atom stereocenters. The summed E-state index contributed by atoms with van der Waals surface area (Å²) < 4.78 is 15.9. The molecular weight excluding hydrogens is 348 g/mol. The van der Waals surface area contributed by atoms with Gasteiger partial charge in [0, 0.05) is 19.6 Å². The number of benzene rings is 1. The second kappa shape index (κ2) is 8.97. The molecule has 0 aliphatic carbocycles. The number of hydrogen-bond donors (Lipinski definition) is 1. The van der Waals surface area contributed by atoms with Crippen LogP contribution in [0, 0.1) is 5.92 Å². The molecule has 1 aromatic rings. The minimum absolute atomic E-state index is 0.0574. The summed E-state index contributed by atoms with van der Waals surface area (Å²) in [4.78, 5) is 26.4. The van der Waals surface area contributed by atoms with Crippen LogP contribution in [0.15, 0.2) is 18.2 Å². The molecule has 1 atom stereocenters. The van der Waals surface area contributed by atoms with Gasteiger partial charge in [0.25, 0.3) is 0 Å². The molecule has 1 fully saturated rings. The van der Waals surface area contributed by atoms with Crippen molar-refractivity contribution < 1.29 is 23.8 Å². The Kier molecular flexibility index (Phi) is 6.93. The molecule has 0 bridgehead atoms. The highest BCUT2D eigenvalue weighted by Crippen LogP contribution is 2.27. The van der Waals surface area contributed by atoms with E-state index in [-0.39, 0.29) is 17.9 Å². The summed E-state index contributed by atoms with van der Waals surface area (Å²) in [5.41, 5.74) is 0.375. The third-order valence-electron chi connectivity index (χ3n) is 4.36. The summed E-state index contributed by atoms with van der Waals surface area (Å²) in [6, 6.07) is 5.54. The average Bonchev–Trinajstić information content (AvgIpc) is 2.64. The molecule has 27 heavy (non-hydrogen) atoms. The number of rotatable bonds is 5. The highest BCUT2D eigenvalue weighted by molar-refractivity contribution is 5.80. The van der Waals surface area contributed by atoms with Crippen LogP contribution in [-0.4, -0.2) is 49.8 Å². The molecular formula is C20H30N2O5. The number of amides is 2. The maximum atomic E-state index is 12.6. The highest BCUT2D eigenvalue weighted by Gasteiger charge is 2.30. The number of piperidine rings is 1. The van der Waals surface area contributed by atoms with Gasteiger partial charge in [-0.2, -0.15) is 0 Å². The fourth-order valence-corrected chi connectivity index (χ4v) is 3.01. The van der Waals surface area contributed by atoms with Crippen molar-refractivity contribution in [1.29, 1.82) is 0 Å². The van der Waals surface area contributed by atoms with Gasteiger partial charge in [-0.05, 0) is 51.3 Å². The Labute approximate surface area is 161 Å². The first kappa shape index (κ1) is 20.9. The van der Waals surface area contributed by atoms with Crippen LogP contribution in [0.3, 0.4) is 0 Å². The first-order valence-corrected chi connectivity index (χ1v) is 9.20. The van der Waals surface area contributed by atoms with Crippen molar-refractivity contribution in [3.63, 3.8) is 0 Å². The van der Waals surface area contributed by atoms with E-state index in [0.29, 0.717) is 31.1 Å². The van der Waals surface area contributed by atoms with Crippen LogP contribution < -0.4 is 14.8 Å². The molecule has 1 N–H and O–H groups in total. The molecule has 1 aliphatic heterocycles. The number of nitrogens with zero attached hydrogens (tertiary/aromatic N) is 1. The molecule has 1 heterocycles. The van der Waals surface area contributed by atoms with Crippen molar-refractivity contribution in [2.45, 2.75) is 45.8 Å². The van der Waals surface area contributed by atoms with E-state index < -0.39 is 5.60 Å². The number of ether oxygens (including phenoxy) is 3. The minimum Gasteiger partial charge on any atom is -0.493 e. The predicted octanol–water partition coefficient (Wildman–Crippen LogP) is 2.97. The lowest BCUT2D eigenvalue weighted by Gasteiger charge is -2.33. The zero-order valence-corrected chi connectivity index (χ0v) is 16.8. The number of hydrogen-bond acceptors (Lipinski definition) is 5. The molecule has 0 spiro atoms. The fourth-order valence-electron chi connectivity index (χ4n) is 3.01. The van der Waals surface area contributed by atoms with Crippen molar-refractivity contribution in [3.8, 4) is 11.5 Å². The third kappa shape index (κ3) is 6.05. The standard InChI is InChI=1S/C20H30N2O5/c1-20(2,3)27-19(24)22-10-6-7-15(13-22)18(23)21-12-14-8-9-16(25-4)17(11-14)26-5/h8-9,11,15H,6-7,10,12-13H2,1-5H3,(H,21,23)/t15-/m1/s1. The summed E-state index contributed by atoms with van der Waals surface area (Å²) in [6.45, 7) is 6.90. The van der Waals surface area contributed by atoms with Gasteiger partial charge in [0.1, 0.15) is 5.60 Å². The smallest absolute Gasteiger partial charge is 0.410 e. The Morgan fingerprint density at radius 1 is 1.19 bits per heavy atom. The fraction of sp³-hybridized carbons (Fsp3) is 0.600. The first-order valence-electron chi connectivity index (χ1n) is 9.20. The largest absolute Gasteiger partial charge is 0.493 e. The van der Waals surface area contributed by atoms with Gasteiger partial charge in [0.2, 0.25) is 5.91 Å². The van der Waals surface area contributed by atoms with E-state index in [4.69, 9.17) is 14.2 Å². The van der Waals surface area contributed by atoms with Crippen molar-refractivity contribution >= 4 is 12.0 Å². The molecule has 150 valence electrons. The minimum atomic E-state index is -0.542. The molecule has 1 aromatic carbocycles. The summed E-state index contributed by atoms with van der Waals surface area (Å²) in [7, 11) is 3.16. The van der Waals surface area contributed by atoms with Gasteiger partial charge in [-0.1, -0.05) is 6.07 Å². The average molecular weight is 378 g/mol. The van der Waals surface area contributed by atoms with Crippen molar-refractivity contribution in [2.24, 2.45) is 5.92 Å². The van der Waals surface area contributed by atoms with E-state index in [1.165, 1.54) is 0 Å². The van der Waals surface area contributed by atoms with Crippen LogP contribution in [0.2, 0.25) is 0 Å². The van der Waals surface area contributed by atoms with Gasteiger partial charge in [-0.25, -0.2) is 4.79 Å². The van der Waals surface area contributed by atoms with Crippen LogP contribution in [0.25, 0.3) is 0 Å². The third-order valence-corrected chi connectivity index (χ3v) is 4.36. The molecule has 1 saturated heterocycles. The summed E-state index contributed by atoms with van der Waals surface area (Å²) in [5, 5.41) is 2.95. The molecule has 7 heteroatoms. The Morgan fingerprint density at radius 3 is 2.52 bits per heavy atom. The van der Waals surface area contributed by atoms with E-state index in [9.17, 15) is 9.59 Å². The van der Waals surface area contributed by atoms with Crippen LogP contribution in [0.1, 0.15) is 39.2 Å². The molecule has 0 aromatic heterocycles. The number of carbonyl (C=O) groups is 2. The lowest BCUT2D eigenvalue weighted by Crippen LogP contribution is -2.46. The number of methoxy groups -OCH3 is 2. The van der Waals surface area contributed by atoms with Crippen LogP contribution in [0.4, 0.5) is 4.79 Å². The molecule has 0 saturated carbocycles. The van der Waals surface area contributed by atoms with Crippen molar-refractivity contribution in [2.75, 3.05) is 27.3 Å². The van der Waals surface area contributed by atoms with E-state index in [1.54, 1.807) is 19.1 Å². The second-order valence-electron chi connectivity index (χ2n) is 7.67. The SMILES string of the molecule is COc1ccc(CNC(=O)[C@@H]2CCCN(C(=O)OC(C)(C)C)C2)cc1OC. The maximum absolute atomic E-state index is 12.6. The summed E-state index contributed by atoms with van der Waals surface area (Å²) >= 11 is 0. The van der Waals surface area contributed by atoms with E-state index in [0.717, 1.165) is 18.4 Å². The zero-order chi connectivity index (χ0) is 20.0. The number of carbonyl (C=O) groups excluding carboxylic acids is 2. The maximum Gasteiger partial charge on any atom is 0.410 e. The molecule has 7 nitrogen and oxygen atoms in total. The molecule has 2 amide bonds. The summed E-state index contributed by atoms with van der Waals surface area (Å²) in [6.07, 6.45) is 1.19. The van der Waals surface area contributed by atoms with E-state index in [2.05, 4.69) is 5.32 Å². The van der Waals surface area contributed by atoms with Crippen molar-refractivity contribution in [1.82, 2.24) is 10.2 Å². The Balaban J connectivity index is 1.91. The van der Waals surface area contributed by atoms with Crippen LogP contribution in [-0.2, 0) is 16.1 Å². The van der Waals surface area contributed by atoms with Gasteiger partial charge in [-0.15, -0.1) is 0 Å². The Morgan fingerprint density at radius 2 is 1.89 bits per heavy atom. The predicted molar refractivity (Wildman–Crippen MR) is 102 cm³/mol. The lowest BCUT2D eigenvalue weighted by molar-refractivity contribution is -0.126. The number of nitrogens with one attached hydrogen (secondary N) is 1. The molecule has 0 radical (unpaired) electrons. The highest BCUT2D eigenvalue weighted by atomic mass is 16.6. The van der Waals surface area contributed by atoms with Crippen LogP contribution >= 0.6 is 0 Å². The van der Waals surface area contributed by atoms with Gasteiger partial charge < -0.3 is 24.4 Å². The van der Waals surface area contributed by atoms with Gasteiger partial charge in [0.05, 0.1) is 20.1 Å². The monoisotopic (exact) mass is 378 g/mol. The normalized spacial score (nSPS) is 17.2. The topological polar surface area (TPSA) is 77.1 Å². The first-order chi connectivity index (χ1) is 12.7. The van der Waals surface area contributed by atoms with Gasteiger partial charge >= 0.3 is 6.09 Å². The van der Waals surface area contributed by atoms with E-state index >= 15 is 0 Å². The Hall–Kier alpha value is -2.44. The van der Waals surface area contributed by atoms with Crippen LogP contribution in [0.5, 0.6) is 11.5 Å². The van der Waals surface area contributed by atoms with E-state index in [1.807, 2.05) is 39.0 Å². The molecule has 1 aliphatic rings. The van der Waals surface area contributed by atoms with Crippen molar-refractivity contribution in [3.05, 3.63) is 23.8 Å². The lowest BCUT2D eigenvalue weighted by atomic mass is 9.97. The van der Waals surface area contributed by atoms with Gasteiger partial charge in [-0.3, -0.25) is 4.79 Å². The quantitative estimate of drug-likeness (QED) is 0.852. The number of likely N-dealkylation sites (tertiary alicyclic amines) is 1. The Bertz CT molecular complexity index is 669.